The van der Waals surface area contributed by atoms with Crippen LogP contribution in [0.2, 0.25) is 0 Å². The number of hydrogen-bond acceptors (Lipinski definition) is 3. The minimum atomic E-state index is -0.345. The van der Waals surface area contributed by atoms with Crippen LogP contribution in [-0.2, 0) is 4.79 Å². The summed E-state index contributed by atoms with van der Waals surface area (Å²) in [6.07, 6.45) is 1.24. The van der Waals surface area contributed by atoms with E-state index in [0.717, 1.165) is 25.9 Å². The number of ketones is 1. The molecule has 1 fully saturated rings. The van der Waals surface area contributed by atoms with Crippen molar-refractivity contribution in [2.75, 3.05) is 19.6 Å². The number of carbonyl (C=O) groups excluding carboxylic acids is 1. The molecule has 0 spiro atoms. The number of nitrogens with zero attached hydrogens (tertiary/aromatic N) is 1. The molecule has 1 saturated heterocycles. The standard InChI is InChI=1S/C15H19BrFNO2/c1-10(19)13(9-18-6-4-12(20)5-7-18)11-2-3-14(16)15(17)8-11/h2-3,8,12-13,20H,4-7,9H2,1H3/t13-/m1/s1. The van der Waals surface area contributed by atoms with Gasteiger partial charge in [-0.2, -0.15) is 0 Å². The molecule has 1 N–H and O–H groups in total. The molecule has 110 valence electrons. The summed E-state index contributed by atoms with van der Waals surface area (Å²) >= 11 is 3.12. The van der Waals surface area contributed by atoms with Crippen LogP contribution in [0.3, 0.4) is 0 Å². The van der Waals surface area contributed by atoms with Crippen molar-refractivity contribution in [3.63, 3.8) is 0 Å². The van der Waals surface area contributed by atoms with E-state index in [1.54, 1.807) is 19.1 Å². The van der Waals surface area contributed by atoms with E-state index in [2.05, 4.69) is 20.8 Å². The van der Waals surface area contributed by atoms with Crippen LogP contribution in [0.5, 0.6) is 0 Å². The van der Waals surface area contributed by atoms with E-state index in [9.17, 15) is 14.3 Å². The van der Waals surface area contributed by atoms with Crippen LogP contribution in [0.4, 0.5) is 4.39 Å². The lowest BCUT2D eigenvalue weighted by atomic mass is 9.93. The number of Topliss-reactive ketones (excluding diaryl/α,β-unsaturated/α-hetero) is 1. The van der Waals surface area contributed by atoms with Gasteiger partial charge in [-0.1, -0.05) is 6.07 Å². The molecule has 2 rings (SSSR count). The Labute approximate surface area is 126 Å². The molecular weight excluding hydrogens is 325 g/mol. The first-order chi connectivity index (χ1) is 9.47. The Morgan fingerprint density at radius 1 is 1.50 bits per heavy atom. The Balaban J connectivity index is 2.10. The monoisotopic (exact) mass is 343 g/mol. The molecule has 1 aromatic rings. The number of piperidine rings is 1. The third-order valence-electron chi connectivity index (χ3n) is 3.83. The summed E-state index contributed by atoms with van der Waals surface area (Å²) in [5.74, 6) is -0.617. The quantitative estimate of drug-likeness (QED) is 0.913. The fourth-order valence-corrected chi connectivity index (χ4v) is 2.80. The van der Waals surface area contributed by atoms with Crippen molar-refractivity contribution in [3.05, 3.63) is 34.1 Å². The van der Waals surface area contributed by atoms with Crippen LogP contribution in [0.1, 0.15) is 31.2 Å². The van der Waals surface area contributed by atoms with Gasteiger partial charge in [0.25, 0.3) is 0 Å². The zero-order valence-corrected chi connectivity index (χ0v) is 13.1. The first-order valence-electron chi connectivity index (χ1n) is 6.83. The number of carbonyl (C=O) groups is 1. The predicted molar refractivity (Wildman–Crippen MR) is 79.2 cm³/mol. The van der Waals surface area contributed by atoms with Gasteiger partial charge >= 0.3 is 0 Å². The van der Waals surface area contributed by atoms with Crippen LogP contribution in [0.25, 0.3) is 0 Å². The van der Waals surface area contributed by atoms with E-state index < -0.39 is 0 Å². The summed E-state index contributed by atoms with van der Waals surface area (Å²) < 4.78 is 14.0. The fraction of sp³-hybridized carbons (Fsp3) is 0.533. The molecule has 20 heavy (non-hydrogen) atoms. The topological polar surface area (TPSA) is 40.5 Å². The number of aliphatic hydroxyl groups excluding tert-OH is 1. The van der Waals surface area contributed by atoms with Gasteiger partial charge in [0, 0.05) is 19.6 Å². The number of benzene rings is 1. The maximum absolute atomic E-state index is 13.6. The lowest BCUT2D eigenvalue weighted by Crippen LogP contribution is -2.39. The lowest BCUT2D eigenvalue weighted by molar-refractivity contribution is -0.119. The minimum absolute atomic E-state index is 0.0397. The van der Waals surface area contributed by atoms with Gasteiger partial charge in [0.2, 0.25) is 0 Å². The molecule has 3 nitrogen and oxygen atoms in total. The van der Waals surface area contributed by atoms with E-state index in [0.29, 0.717) is 16.6 Å². The third-order valence-corrected chi connectivity index (χ3v) is 4.48. The molecule has 0 aliphatic carbocycles. The molecule has 1 aromatic carbocycles. The molecule has 1 aliphatic rings. The van der Waals surface area contributed by atoms with Crippen molar-refractivity contribution >= 4 is 21.7 Å². The highest BCUT2D eigenvalue weighted by atomic mass is 79.9. The first kappa shape index (κ1) is 15.6. The molecule has 0 bridgehead atoms. The van der Waals surface area contributed by atoms with E-state index in [1.807, 2.05) is 0 Å². The number of aliphatic hydroxyl groups is 1. The summed E-state index contributed by atoms with van der Waals surface area (Å²) in [6, 6.07) is 4.85. The highest BCUT2D eigenvalue weighted by Gasteiger charge is 2.24. The van der Waals surface area contributed by atoms with Crippen LogP contribution < -0.4 is 0 Å². The second kappa shape index (κ2) is 6.78. The van der Waals surface area contributed by atoms with Crippen molar-refractivity contribution in [2.24, 2.45) is 0 Å². The predicted octanol–water partition coefficient (Wildman–Crippen LogP) is 2.72. The molecular formula is C15H19BrFNO2. The van der Waals surface area contributed by atoms with Gasteiger partial charge < -0.3 is 10.0 Å². The summed E-state index contributed by atoms with van der Waals surface area (Å²) in [5.41, 5.74) is 0.712. The van der Waals surface area contributed by atoms with Crippen molar-refractivity contribution in [1.82, 2.24) is 4.90 Å². The second-order valence-electron chi connectivity index (χ2n) is 5.37. The normalized spacial score (nSPS) is 19.0. The summed E-state index contributed by atoms with van der Waals surface area (Å²) in [5, 5.41) is 9.51. The Morgan fingerprint density at radius 2 is 2.15 bits per heavy atom. The molecule has 0 aromatic heterocycles. The average Bonchev–Trinajstić information content (AvgIpc) is 2.41. The zero-order chi connectivity index (χ0) is 14.7. The Morgan fingerprint density at radius 3 is 2.70 bits per heavy atom. The number of rotatable bonds is 4. The maximum atomic E-state index is 13.6. The van der Waals surface area contributed by atoms with Crippen LogP contribution in [0, 0.1) is 5.82 Å². The van der Waals surface area contributed by atoms with Crippen molar-refractivity contribution in [2.45, 2.75) is 31.8 Å². The van der Waals surface area contributed by atoms with Crippen molar-refractivity contribution < 1.29 is 14.3 Å². The van der Waals surface area contributed by atoms with Gasteiger partial charge in [0.1, 0.15) is 11.6 Å². The minimum Gasteiger partial charge on any atom is -0.393 e. The van der Waals surface area contributed by atoms with Gasteiger partial charge in [0.05, 0.1) is 16.5 Å². The summed E-state index contributed by atoms with van der Waals surface area (Å²) in [7, 11) is 0. The van der Waals surface area contributed by atoms with Gasteiger partial charge in [-0.25, -0.2) is 4.39 Å². The van der Waals surface area contributed by atoms with Crippen LogP contribution in [0.15, 0.2) is 22.7 Å². The molecule has 5 heteroatoms. The van der Waals surface area contributed by atoms with Crippen LogP contribution >= 0.6 is 15.9 Å². The van der Waals surface area contributed by atoms with E-state index in [-0.39, 0.29) is 23.6 Å². The summed E-state index contributed by atoms with van der Waals surface area (Å²) in [4.78, 5) is 14.0. The van der Waals surface area contributed by atoms with E-state index in [4.69, 9.17) is 0 Å². The molecule has 1 atom stereocenters. The molecule has 0 saturated carbocycles. The molecule has 1 aliphatic heterocycles. The molecule has 0 unspecified atom stereocenters. The highest BCUT2D eigenvalue weighted by Crippen LogP contribution is 2.24. The first-order valence-corrected chi connectivity index (χ1v) is 7.62. The van der Waals surface area contributed by atoms with Gasteiger partial charge in [0.15, 0.2) is 0 Å². The molecule has 0 amide bonds. The van der Waals surface area contributed by atoms with E-state index in [1.165, 1.54) is 6.07 Å². The third kappa shape index (κ3) is 3.87. The fourth-order valence-electron chi connectivity index (χ4n) is 2.56. The Bertz CT molecular complexity index is 487. The highest BCUT2D eigenvalue weighted by molar-refractivity contribution is 9.10. The number of halogens is 2. The van der Waals surface area contributed by atoms with Gasteiger partial charge in [-0.05, 0) is 53.4 Å². The molecule has 1 heterocycles. The largest absolute Gasteiger partial charge is 0.393 e. The number of likely N-dealkylation sites (tertiary alicyclic amines) is 1. The van der Waals surface area contributed by atoms with Crippen molar-refractivity contribution in [1.29, 1.82) is 0 Å². The SMILES string of the molecule is CC(=O)[C@@H](CN1CCC(O)CC1)c1ccc(Br)c(F)c1. The summed E-state index contributed by atoms with van der Waals surface area (Å²) in [6.45, 7) is 3.69. The Kier molecular flexibility index (Phi) is 5.29. The van der Waals surface area contributed by atoms with E-state index >= 15 is 0 Å². The smallest absolute Gasteiger partial charge is 0.138 e. The number of hydrogen-bond donors (Lipinski definition) is 1. The van der Waals surface area contributed by atoms with Gasteiger partial charge in [-0.15, -0.1) is 0 Å². The lowest BCUT2D eigenvalue weighted by Gasteiger charge is -2.32. The zero-order valence-electron chi connectivity index (χ0n) is 11.5. The maximum Gasteiger partial charge on any atom is 0.138 e. The van der Waals surface area contributed by atoms with Crippen LogP contribution in [-0.4, -0.2) is 41.5 Å². The Hall–Kier alpha value is -0.780. The average molecular weight is 344 g/mol. The van der Waals surface area contributed by atoms with Gasteiger partial charge in [-0.3, -0.25) is 4.79 Å². The second-order valence-corrected chi connectivity index (χ2v) is 6.22. The molecule has 0 radical (unpaired) electrons. The van der Waals surface area contributed by atoms with Crippen molar-refractivity contribution in [3.8, 4) is 0 Å².